The van der Waals surface area contributed by atoms with Crippen molar-refractivity contribution in [1.29, 1.82) is 0 Å². The van der Waals surface area contributed by atoms with Crippen LogP contribution in [0.2, 0.25) is 0 Å². The van der Waals surface area contributed by atoms with Crippen LogP contribution in [-0.4, -0.2) is 13.1 Å². The molecule has 1 radical (unpaired) electrons. The molecule has 0 unspecified atom stereocenters. The fourth-order valence-electron chi connectivity index (χ4n) is 0.645. The Balaban J connectivity index is 2.97. The van der Waals surface area contributed by atoms with E-state index in [4.69, 9.17) is 7.49 Å². The quantitative estimate of drug-likeness (QED) is 0.481. The monoisotopic (exact) mass is 113 g/mol. The van der Waals surface area contributed by atoms with Crippen molar-refractivity contribution in [3.8, 4) is 0 Å². The fraction of sp³-hybridized carbons (Fsp3) is 0. The summed E-state index contributed by atoms with van der Waals surface area (Å²) in [4.78, 5) is 0. The average Bonchev–Trinajstić information content (AvgIpc) is 1.91. The van der Waals surface area contributed by atoms with Crippen LogP contribution in [0.25, 0.3) is 6.08 Å². The molecule has 1 rings (SSSR count). The molecule has 0 heterocycles. The molecule has 1 heteroatoms. The maximum absolute atomic E-state index is 5.05. The van der Waals surface area contributed by atoms with E-state index in [1.54, 1.807) is 6.08 Å². The van der Waals surface area contributed by atoms with E-state index in [-0.39, 0.29) is 0 Å². The van der Waals surface area contributed by atoms with Gasteiger partial charge in [-0.2, -0.15) is 0 Å². The molecule has 0 bridgehead atoms. The van der Waals surface area contributed by atoms with Crippen LogP contribution >= 0.6 is 0 Å². The number of hydrogen-bond acceptors (Lipinski definition) is 0. The third kappa shape index (κ3) is 1.71. The van der Waals surface area contributed by atoms with Crippen LogP contribution in [0.15, 0.2) is 30.3 Å². The van der Waals surface area contributed by atoms with Crippen LogP contribution in [0.5, 0.6) is 0 Å². The molecule has 0 aromatic heterocycles. The third-order valence-corrected chi connectivity index (χ3v) is 1.05. The molecule has 0 fully saturated rings. The molecule has 0 spiro atoms. The summed E-state index contributed by atoms with van der Waals surface area (Å²) < 4.78 is 0. The first-order valence-corrected chi connectivity index (χ1v) is 2.78. The fourth-order valence-corrected chi connectivity index (χ4v) is 0.645. The van der Waals surface area contributed by atoms with Gasteiger partial charge in [0.05, 0.1) is 0 Å². The maximum atomic E-state index is 5.05. The zero-order chi connectivity index (χ0) is 6.53. The van der Waals surface area contributed by atoms with Gasteiger partial charge in [-0.3, -0.25) is 0 Å². The molecule has 0 saturated carbocycles. The topological polar surface area (TPSA) is 0 Å². The van der Waals surface area contributed by atoms with Gasteiger partial charge in [-0.1, -0.05) is 0 Å². The van der Waals surface area contributed by atoms with E-state index in [0.29, 0.717) is 0 Å². The van der Waals surface area contributed by atoms with E-state index in [0.717, 1.165) is 5.56 Å². The van der Waals surface area contributed by atoms with E-state index in [2.05, 4.69) is 5.62 Å². The normalized spacial score (nSPS) is 7.89. The van der Waals surface area contributed by atoms with Crippen LogP contribution in [0, 0.1) is 0 Å². The van der Waals surface area contributed by atoms with Gasteiger partial charge < -0.3 is 0 Å². The molecular formula is C8H6B. The molecule has 0 saturated heterocycles. The van der Waals surface area contributed by atoms with Crippen LogP contribution in [-0.2, 0) is 0 Å². The Labute approximate surface area is 55.9 Å². The Morgan fingerprint density at radius 2 is 1.89 bits per heavy atom. The summed E-state index contributed by atoms with van der Waals surface area (Å²) in [7, 11) is 5.05. The van der Waals surface area contributed by atoms with Gasteiger partial charge in [0.1, 0.15) is 0 Å². The molecule has 0 amide bonds. The second kappa shape index (κ2) is 3.06. The zero-order valence-corrected chi connectivity index (χ0v) is 5.04. The van der Waals surface area contributed by atoms with Crippen LogP contribution in [0.3, 0.4) is 0 Å². The van der Waals surface area contributed by atoms with E-state index < -0.39 is 0 Å². The molecule has 9 heavy (non-hydrogen) atoms. The molecule has 1 aromatic rings. The summed E-state index contributed by atoms with van der Waals surface area (Å²) in [5.41, 5.74) is 3.54. The molecule has 41 valence electrons. The van der Waals surface area contributed by atoms with Crippen LogP contribution in [0.1, 0.15) is 5.56 Å². The molecule has 0 aliphatic rings. The van der Waals surface area contributed by atoms with E-state index >= 15 is 0 Å². The van der Waals surface area contributed by atoms with E-state index in [9.17, 15) is 0 Å². The molecule has 0 N–H and O–H groups in total. The van der Waals surface area contributed by atoms with Crippen molar-refractivity contribution in [2.75, 3.05) is 0 Å². The first kappa shape index (κ1) is 6.06. The van der Waals surface area contributed by atoms with Gasteiger partial charge >= 0.3 is 55.1 Å². The number of hydrogen-bond donors (Lipinski definition) is 0. The van der Waals surface area contributed by atoms with Crippen molar-refractivity contribution in [3.63, 3.8) is 0 Å². The molecule has 0 aliphatic carbocycles. The van der Waals surface area contributed by atoms with Crippen molar-refractivity contribution in [3.05, 3.63) is 35.9 Å². The van der Waals surface area contributed by atoms with E-state index in [1.165, 1.54) is 0 Å². The van der Waals surface area contributed by atoms with Crippen molar-refractivity contribution in [2.24, 2.45) is 0 Å². The second-order valence-electron chi connectivity index (χ2n) is 1.72. The van der Waals surface area contributed by atoms with Crippen molar-refractivity contribution in [2.45, 2.75) is 0 Å². The summed E-state index contributed by atoms with van der Waals surface area (Å²) in [6.07, 6.45) is 1.74. The average molecular weight is 113 g/mol. The number of rotatable bonds is 1. The predicted octanol–water partition coefficient (Wildman–Crippen LogP) is 1.27. The van der Waals surface area contributed by atoms with Crippen LogP contribution < -0.4 is 0 Å². The first-order valence-electron chi connectivity index (χ1n) is 2.78. The molecule has 0 nitrogen and oxygen atoms in total. The van der Waals surface area contributed by atoms with Crippen molar-refractivity contribution in [1.82, 2.24) is 0 Å². The molecule has 0 aliphatic heterocycles. The number of benzene rings is 1. The Kier molecular flexibility index (Phi) is 2.06. The SMILES string of the molecule is [B]=C=Cc1ccccc1. The third-order valence-electron chi connectivity index (χ3n) is 1.05. The van der Waals surface area contributed by atoms with Crippen molar-refractivity contribution < 1.29 is 0 Å². The Morgan fingerprint density at radius 1 is 1.22 bits per heavy atom. The minimum absolute atomic E-state index is 1.08. The molecule has 0 atom stereocenters. The Bertz CT molecular complexity index is 220. The Hall–Kier alpha value is -1.07. The summed E-state index contributed by atoms with van der Waals surface area (Å²) >= 11 is 0. The van der Waals surface area contributed by atoms with Gasteiger partial charge in [0.15, 0.2) is 0 Å². The van der Waals surface area contributed by atoms with Gasteiger partial charge in [-0.05, 0) is 0 Å². The first-order chi connectivity index (χ1) is 4.43. The standard InChI is InChI=1S/C8H6B/c9-7-6-8-4-2-1-3-5-8/h1-6H. The van der Waals surface area contributed by atoms with Crippen molar-refractivity contribution >= 4 is 19.2 Å². The van der Waals surface area contributed by atoms with Crippen LogP contribution in [0.4, 0.5) is 0 Å². The summed E-state index contributed by atoms with van der Waals surface area (Å²) in [5.74, 6) is 0. The van der Waals surface area contributed by atoms with Gasteiger partial charge in [0.2, 0.25) is 0 Å². The summed E-state index contributed by atoms with van der Waals surface area (Å²) in [6.45, 7) is 0. The van der Waals surface area contributed by atoms with Gasteiger partial charge in [0, 0.05) is 0 Å². The van der Waals surface area contributed by atoms with Gasteiger partial charge in [-0.25, -0.2) is 0 Å². The predicted molar refractivity (Wildman–Crippen MR) is 41.7 cm³/mol. The Morgan fingerprint density at radius 3 is 2.44 bits per heavy atom. The second-order valence-corrected chi connectivity index (χ2v) is 1.72. The van der Waals surface area contributed by atoms with E-state index in [1.807, 2.05) is 30.3 Å². The summed E-state index contributed by atoms with van der Waals surface area (Å²) in [5, 5.41) is 0. The van der Waals surface area contributed by atoms with Gasteiger partial charge in [-0.15, -0.1) is 0 Å². The minimum atomic E-state index is 1.08. The van der Waals surface area contributed by atoms with Gasteiger partial charge in [0.25, 0.3) is 0 Å². The zero-order valence-electron chi connectivity index (χ0n) is 5.04. The summed E-state index contributed by atoms with van der Waals surface area (Å²) in [6, 6.07) is 9.83. The molecule has 1 aromatic carbocycles. The molecular weight excluding hydrogens is 107 g/mol.